The number of anilines is 1. The quantitative estimate of drug-likeness (QED) is 0.328. The van der Waals surface area contributed by atoms with Gasteiger partial charge in [-0.1, -0.05) is 50.2 Å². The molecule has 2 N–H and O–H groups in total. The number of aryl methyl sites for hydroxylation is 1. The van der Waals surface area contributed by atoms with E-state index >= 15 is 0 Å². The summed E-state index contributed by atoms with van der Waals surface area (Å²) in [4.78, 5) is 19.5. The van der Waals surface area contributed by atoms with Crippen molar-refractivity contribution in [2.24, 2.45) is 11.1 Å². The number of methoxy groups -OCH3 is 1. The molecule has 3 aromatic carbocycles. The number of nitrogens with zero attached hydrogens (tertiary/aromatic N) is 3. The number of benzene rings is 3. The zero-order valence-electron chi connectivity index (χ0n) is 26.4. The number of hydrogen-bond donors (Lipinski definition) is 1. The lowest BCUT2D eigenvalue weighted by Gasteiger charge is -2.58. The van der Waals surface area contributed by atoms with E-state index in [4.69, 9.17) is 10.5 Å². The molecule has 0 bridgehead atoms. The van der Waals surface area contributed by atoms with Crippen molar-refractivity contribution >= 4 is 11.6 Å². The molecule has 228 valence electrons. The lowest BCUT2D eigenvalue weighted by Crippen LogP contribution is -2.60. The molecule has 1 atom stereocenters. The van der Waals surface area contributed by atoms with E-state index in [-0.39, 0.29) is 5.91 Å². The third kappa shape index (κ3) is 6.18. The first-order valence-electron chi connectivity index (χ1n) is 16.1. The first kappa shape index (κ1) is 29.7. The molecule has 6 heteroatoms. The van der Waals surface area contributed by atoms with Crippen molar-refractivity contribution < 1.29 is 9.53 Å². The number of primary amides is 1. The summed E-state index contributed by atoms with van der Waals surface area (Å²) in [5.74, 6) is 1.10. The van der Waals surface area contributed by atoms with Gasteiger partial charge in [0, 0.05) is 62.6 Å². The van der Waals surface area contributed by atoms with Crippen LogP contribution in [0.4, 0.5) is 5.69 Å². The zero-order valence-corrected chi connectivity index (χ0v) is 26.4. The summed E-state index contributed by atoms with van der Waals surface area (Å²) in [7, 11) is 1.75. The van der Waals surface area contributed by atoms with Crippen LogP contribution in [0.2, 0.25) is 0 Å². The maximum atomic E-state index is 11.5. The fourth-order valence-corrected chi connectivity index (χ4v) is 8.01. The average molecular weight is 581 g/mol. The second-order valence-electron chi connectivity index (χ2n) is 13.5. The van der Waals surface area contributed by atoms with E-state index in [1.807, 2.05) is 24.3 Å². The Kier molecular flexibility index (Phi) is 8.52. The highest BCUT2D eigenvalue weighted by atomic mass is 16.5. The summed E-state index contributed by atoms with van der Waals surface area (Å²) in [6.45, 7) is 13.2. The van der Waals surface area contributed by atoms with Crippen molar-refractivity contribution in [3.63, 3.8) is 0 Å². The standard InChI is InChI=1S/C37H48N4O2/c1-26(2)32-7-5-6-8-33(32)34-25-39(24-28-9-14-35(43-4)27(3)21-28)19-20-41(34)31-22-37(23-31)15-17-40(18-16-37)30-12-10-29(11-13-30)36(38)42/h5-14,21,26,31,34H,15-20,22-25H2,1-4H3,(H2,38,42). The van der Waals surface area contributed by atoms with Crippen molar-refractivity contribution in [1.29, 1.82) is 0 Å². The maximum Gasteiger partial charge on any atom is 0.248 e. The van der Waals surface area contributed by atoms with Gasteiger partial charge in [-0.2, -0.15) is 0 Å². The number of rotatable bonds is 8. The first-order valence-corrected chi connectivity index (χ1v) is 16.1. The van der Waals surface area contributed by atoms with Gasteiger partial charge in [0.25, 0.3) is 0 Å². The molecule has 2 heterocycles. The Hall–Kier alpha value is -3.35. The monoisotopic (exact) mass is 580 g/mol. The summed E-state index contributed by atoms with van der Waals surface area (Å²) >= 11 is 0. The second-order valence-corrected chi connectivity index (χ2v) is 13.5. The molecule has 3 aliphatic rings. The minimum Gasteiger partial charge on any atom is -0.496 e. The molecule has 0 radical (unpaired) electrons. The largest absolute Gasteiger partial charge is 0.496 e. The SMILES string of the molecule is COc1ccc(CN2CCN(C3CC4(CCN(c5ccc(C(N)=O)cc5)CC4)C3)C(c3ccccc3C(C)C)C2)cc1C. The van der Waals surface area contributed by atoms with Crippen molar-refractivity contribution in [2.75, 3.05) is 44.7 Å². The van der Waals surface area contributed by atoms with Crippen LogP contribution >= 0.6 is 0 Å². The Labute approximate surface area is 257 Å². The Morgan fingerprint density at radius 3 is 2.35 bits per heavy atom. The van der Waals surface area contributed by atoms with E-state index in [2.05, 4.69) is 77.9 Å². The zero-order chi connectivity index (χ0) is 30.1. The fourth-order valence-electron chi connectivity index (χ4n) is 8.01. The maximum absolute atomic E-state index is 11.5. The van der Waals surface area contributed by atoms with E-state index in [0.29, 0.717) is 29.0 Å². The molecule has 6 rings (SSSR count). The molecule has 1 saturated carbocycles. The van der Waals surface area contributed by atoms with Crippen LogP contribution in [-0.2, 0) is 6.54 Å². The van der Waals surface area contributed by atoms with Crippen molar-refractivity contribution in [2.45, 2.75) is 71.0 Å². The van der Waals surface area contributed by atoms with Crippen LogP contribution in [0.15, 0.2) is 66.7 Å². The van der Waals surface area contributed by atoms with Gasteiger partial charge in [-0.15, -0.1) is 0 Å². The van der Waals surface area contributed by atoms with Crippen LogP contribution in [0.5, 0.6) is 5.75 Å². The molecule has 2 saturated heterocycles. The van der Waals surface area contributed by atoms with E-state index in [9.17, 15) is 4.79 Å². The van der Waals surface area contributed by atoms with Crippen LogP contribution in [0.3, 0.4) is 0 Å². The minimum absolute atomic E-state index is 0.365. The molecule has 2 aliphatic heterocycles. The third-order valence-electron chi connectivity index (χ3n) is 10.5. The van der Waals surface area contributed by atoms with Gasteiger partial charge in [-0.3, -0.25) is 14.6 Å². The predicted molar refractivity (Wildman–Crippen MR) is 175 cm³/mol. The molecule has 3 aromatic rings. The first-order chi connectivity index (χ1) is 20.7. The van der Waals surface area contributed by atoms with Gasteiger partial charge >= 0.3 is 0 Å². The molecule has 0 aromatic heterocycles. The predicted octanol–water partition coefficient (Wildman–Crippen LogP) is 6.53. The highest BCUT2D eigenvalue weighted by Gasteiger charge is 2.50. The highest BCUT2D eigenvalue weighted by Crippen LogP contribution is 2.53. The highest BCUT2D eigenvalue weighted by molar-refractivity contribution is 5.93. The number of nitrogens with two attached hydrogens (primary N) is 1. The minimum atomic E-state index is -0.365. The number of carbonyl (C=O) groups is 1. The molecule has 1 spiro atoms. The summed E-state index contributed by atoms with van der Waals surface area (Å²) < 4.78 is 5.51. The van der Waals surface area contributed by atoms with Gasteiger partial charge in [0.05, 0.1) is 7.11 Å². The topological polar surface area (TPSA) is 62.0 Å². The van der Waals surface area contributed by atoms with E-state index in [0.717, 1.165) is 45.0 Å². The van der Waals surface area contributed by atoms with Gasteiger partial charge in [0.1, 0.15) is 5.75 Å². The van der Waals surface area contributed by atoms with Crippen molar-refractivity contribution in [3.05, 3.63) is 94.5 Å². The van der Waals surface area contributed by atoms with Crippen LogP contribution < -0.4 is 15.4 Å². The molecule has 6 nitrogen and oxygen atoms in total. The summed E-state index contributed by atoms with van der Waals surface area (Å²) in [6.07, 6.45) is 5.09. The van der Waals surface area contributed by atoms with Crippen LogP contribution in [0, 0.1) is 12.3 Å². The van der Waals surface area contributed by atoms with Crippen molar-refractivity contribution in [3.8, 4) is 5.75 Å². The number of piperazine rings is 1. The normalized spacial score (nSPS) is 21.2. The molecule has 1 aliphatic carbocycles. The summed E-state index contributed by atoms with van der Waals surface area (Å²) in [6, 6.07) is 24.7. The Bertz CT molecular complexity index is 1420. The van der Waals surface area contributed by atoms with Crippen LogP contribution in [0.25, 0.3) is 0 Å². The Morgan fingerprint density at radius 2 is 1.70 bits per heavy atom. The second kappa shape index (κ2) is 12.3. The van der Waals surface area contributed by atoms with Crippen LogP contribution in [-0.4, -0.2) is 61.6 Å². The molecule has 1 unspecified atom stereocenters. The summed E-state index contributed by atoms with van der Waals surface area (Å²) in [5, 5.41) is 0. The van der Waals surface area contributed by atoms with Gasteiger partial charge in [-0.05, 0) is 96.5 Å². The fraction of sp³-hybridized carbons (Fsp3) is 0.486. The van der Waals surface area contributed by atoms with Gasteiger partial charge in [-0.25, -0.2) is 0 Å². The average Bonchev–Trinajstić information content (AvgIpc) is 3.00. The Morgan fingerprint density at radius 1 is 0.977 bits per heavy atom. The Balaban J connectivity index is 1.14. The van der Waals surface area contributed by atoms with E-state index in [1.54, 1.807) is 7.11 Å². The summed E-state index contributed by atoms with van der Waals surface area (Å²) in [5.41, 5.74) is 13.3. The van der Waals surface area contributed by atoms with Gasteiger partial charge < -0.3 is 15.4 Å². The molecule has 3 fully saturated rings. The van der Waals surface area contributed by atoms with Gasteiger partial charge in [0.15, 0.2) is 0 Å². The third-order valence-corrected chi connectivity index (χ3v) is 10.5. The number of hydrogen-bond acceptors (Lipinski definition) is 5. The number of ether oxygens (including phenoxy) is 1. The van der Waals surface area contributed by atoms with E-state index in [1.165, 1.54) is 53.6 Å². The number of amides is 1. The smallest absolute Gasteiger partial charge is 0.248 e. The lowest BCUT2D eigenvalue weighted by molar-refractivity contribution is -0.0628. The number of carbonyl (C=O) groups excluding carboxylic acids is 1. The van der Waals surface area contributed by atoms with Crippen molar-refractivity contribution in [1.82, 2.24) is 9.80 Å². The molecule has 1 amide bonds. The van der Waals surface area contributed by atoms with Gasteiger partial charge in [0.2, 0.25) is 5.91 Å². The molecule has 43 heavy (non-hydrogen) atoms. The number of piperidine rings is 1. The lowest BCUT2D eigenvalue weighted by atomic mass is 9.59. The molecular weight excluding hydrogens is 532 g/mol. The molecular formula is C37H48N4O2. The van der Waals surface area contributed by atoms with Crippen LogP contribution in [0.1, 0.15) is 84.1 Å². The van der Waals surface area contributed by atoms with E-state index < -0.39 is 0 Å².